The number of anilines is 1. The lowest BCUT2D eigenvalue weighted by Gasteiger charge is -2.08. The average molecular weight is 485 g/mol. The number of imidazole rings is 1. The summed E-state index contributed by atoms with van der Waals surface area (Å²) in [6.45, 7) is 4.11. The first kappa shape index (κ1) is 23.3. The number of H-pyrrole nitrogens is 1. The fourth-order valence-corrected chi connectivity index (χ4v) is 4.00. The summed E-state index contributed by atoms with van der Waals surface area (Å²) >= 11 is 0. The van der Waals surface area contributed by atoms with Gasteiger partial charge in [-0.3, -0.25) is 4.79 Å². The van der Waals surface area contributed by atoms with Gasteiger partial charge in [-0.05, 0) is 61.4 Å². The van der Waals surface area contributed by atoms with E-state index in [0.29, 0.717) is 35.9 Å². The highest BCUT2D eigenvalue weighted by atomic mass is 19.1. The molecule has 0 fully saturated rings. The minimum atomic E-state index is -0.258. The van der Waals surface area contributed by atoms with Crippen molar-refractivity contribution in [1.82, 2.24) is 15.1 Å². The number of aromatic nitrogens is 3. The summed E-state index contributed by atoms with van der Waals surface area (Å²) in [6.07, 6.45) is 0.588. The Morgan fingerprint density at radius 2 is 1.89 bits per heavy atom. The van der Waals surface area contributed by atoms with Gasteiger partial charge in [-0.25, -0.2) is 9.37 Å². The zero-order chi connectivity index (χ0) is 25.1. The molecule has 5 rings (SSSR count). The van der Waals surface area contributed by atoms with Gasteiger partial charge in [-0.15, -0.1) is 0 Å². The van der Waals surface area contributed by atoms with Crippen LogP contribution in [0.3, 0.4) is 0 Å². The number of nitrogens with one attached hydrogen (secondary N) is 2. The number of hydrogen-bond donors (Lipinski definition) is 2. The molecular formula is C28H25FN4O3. The van der Waals surface area contributed by atoms with Crippen LogP contribution < -0.4 is 10.1 Å². The van der Waals surface area contributed by atoms with Gasteiger partial charge in [0, 0.05) is 12.1 Å². The number of benzene rings is 3. The van der Waals surface area contributed by atoms with Gasteiger partial charge in [0.15, 0.2) is 0 Å². The van der Waals surface area contributed by atoms with Crippen molar-refractivity contribution in [3.05, 3.63) is 107 Å². The number of aryl methyl sites for hydroxylation is 2. The third-order valence-corrected chi connectivity index (χ3v) is 5.98. The van der Waals surface area contributed by atoms with Gasteiger partial charge in [0.2, 0.25) is 5.91 Å². The second-order valence-corrected chi connectivity index (χ2v) is 8.64. The van der Waals surface area contributed by atoms with Crippen molar-refractivity contribution in [2.75, 3.05) is 5.32 Å². The lowest BCUT2D eigenvalue weighted by molar-refractivity contribution is -0.115. The van der Waals surface area contributed by atoms with E-state index in [1.54, 1.807) is 24.3 Å². The summed E-state index contributed by atoms with van der Waals surface area (Å²) in [7, 11) is 0. The lowest BCUT2D eigenvalue weighted by atomic mass is 10.1. The van der Waals surface area contributed by atoms with Gasteiger partial charge in [-0.2, -0.15) is 0 Å². The van der Waals surface area contributed by atoms with Crippen molar-refractivity contribution in [2.24, 2.45) is 0 Å². The Labute approximate surface area is 207 Å². The van der Waals surface area contributed by atoms with Crippen LogP contribution in [0.25, 0.3) is 11.0 Å². The molecule has 7 nitrogen and oxygen atoms in total. The van der Waals surface area contributed by atoms with Crippen LogP contribution in [-0.2, 0) is 24.2 Å². The third kappa shape index (κ3) is 5.27. The normalized spacial score (nSPS) is 11.1. The molecule has 8 heteroatoms. The lowest BCUT2D eigenvalue weighted by Crippen LogP contribution is -2.14. The molecule has 0 saturated carbocycles. The number of halogens is 1. The van der Waals surface area contributed by atoms with Crippen LogP contribution >= 0.6 is 0 Å². The van der Waals surface area contributed by atoms with Gasteiger partial charge in [0.1, 0.15) is 29.8 Å². The Bertz CT molecular complexity index is 1500. The van der Waals surface area contributed by atoms with E-state index in [2.05, 4.69) is 20.4 Å². The Hall–Kier alpha value is -4.46. The van der Waals surface area contributed by atoms with E-state index in [4.69, 9.17) is 9.26 Å². The van der Waals surface area contributed by atoms with Crippen LogP contribution in [0.5, 0.6) is 5.75 Å². The maximum absolute atomic E-state index is 14.0. The summed E-state index contributed by atoms with van der Waals surface area (Å²) in [5, 5.41) is 6.85. The van der Waals surface area contributed by atoms with Crippen LogP contribution in [-0.4, -0.2) is 21.0 Å². The fraction of sp³-hybridized carbons (Fsp3) is 0.179. The zero-order valence-electron chi connectivity index (χ0n) is 20.0. The molecule has 5 aromatic rings. The Morgan fingerprint density at radius 1 is 1.08 bits per heavy atom. The van der Waals surface area contributed by atoms with E-state index in [1.165, 1.54) is 6.07 Å². The van der Waals surface area contributed by atoms with Crippen LogP contribution in [0.4, 0.5) is 10.1 Å². The van der Waals surface area contributed by atoms with Crippen molar-refractivity contribution < 1.29 is 18.4 Å². The number of aromatic amines is 1. The summed E-state index contributed by atoms with van der Waals surface area (Å²) in [5.41, 5.74) is 5.39. The molecule has 182 valence electrons. The van der Waals surface area contributed by atoms with E-state index in [9.17, 15) is 9.18 Å². The quantitative estimate of drug-likeness (QED) is 0.297. The molecule has 0 aliphatic carbocycles. The largest absolute Gasteiger partial charge is 0.489 e. The molecule has 2 N–H and O–H groups in total. The number of amides is 1. The third-order valence-electron chi connectivity index (χ3n) is 5.98. The maximum atomic E-state index is 14.0. The molecule has 0 spiro atoms. The molecule has 0 atom stereocenters. The van der Waals surface area contributed by atoms with Gasteiger partial charge in [0.25, 0.3) is 0 Å². The molecular weight excluding hydrogens is 459 g/mol. The predicted octanol–water partition coefficient (Wildman–Crippen LogP) is 5.66. The zero-order valence-corrected chi connectivity index (χ0v) is 20.0. The number of ether oxygens (including phenoxy) is 1. The minimum Gasteiger partial charge on any atom is -0.489 e. The van der Waals surface area contributed by atoms with Gasteiger partial charge in [0.05, 0.1) is 28.7 Å². The van der Waals surface area contributed by atoms with E-state index >= 15 is 0 Å². The number of nitrogens with zero attached hydrogens (tertiary/aromatic N) is 2. The molecule has 0 aliphatic heterocycles. The van der Waals surface area contributed by atoms with Crippen molar-refractivity contribution in [3.8, 4) is 5.75 Å². The van der Waals surface area contributed by atoms with Crippen LogP contribution in [0.2, 0.25) is 0 Å². The van der Waals surface area contributed by atoms with E-state index < -0.39 is 0 Å². The van der Waals surface area contributed by atoms with E-state index in [1.807, 2.05) is 50.2 Å². The van der Waals surface area contributed by atoms with E-state index in [-0.39, 0.29) is 18.1 Å². The predicted molar refractivity (Wildman–Crippen MR) is 134 cm³/mol. The van der Waals surface area contributed by atoms with Gasteiger partial charge < -0.3 is 19.6 Å². The second kappa shape index (κ2) is 10.0. The number of carbonyl (C=O) groups is 1. The maximum Gasteiger partial charge on any atom is 0.228 e. The molecule has 36 heavy (non-hydrogen) atoms. The summed E-state index contributed by atoms with van der Waals surface area (Å²) in [4.78, 5) is 20.4. The topological polar surface area (TPSA) is 93.0 Å². The van der Waals surface area contributed by atoms with Crippen molar-refractivity contribution in [1.29, 1.82) is 0 Å². The molecule has 3 aromatic carbocycles. The summed E-state index contributed by atoms with van der Waals surface area (Å²) in [6, 6.07) is 19.5. The molecule has 2 heterocycles. The number of carbonyl (C=O) groups excluding carboxylic acids is 1. The molecule has 0 unspecified atom stereocenters. The number of fused-ring (bicyclic) bond motifs is 1. The van der Waals surface area contributed by atoms with Crippen molar-refractivity contribution >= 4 is 22.6 Å². The molecule has 1 amide bonds. The van der Waals surface area contributed by atoms with Crippen molar-refractivity contribution in [2.45, 2.75) is 33.3 Å². The van der Waals surface area contributed by atoms with E-state index in [0.717, 1.165) is 33.6 Å². The van der Waals surface area contributed by atoms with Crippen LogP contribution in [0.1, 0.15) is 34.0 Å². The number of rotatable bonds is 8. The SMILES string of the molecule is Cc1noc(C)c1COc1ccc(CC(=O)Nc2ccc3nc(Cc4ccccc4F)[nH]c3c2)cc1. The second-order valence-electron chi connectivity index (χ2n) is 8.64. The molecule has 0 saturated heterocycles. The highest BCUT2D eigenvalue weighted by Gasteiger charge is 2.11. The average Bonchev–Trinajstić information content (AvgIpc) is 3.41. The van der Waals surface area contributed by atoms with Gasteiger partial charge in [-0.1, -0.05) is 35.5 Å². The molecule has 0 bridgehead atoms. The highest BCUT2D eigenvalue weighted by Crippen LogP contribution is 2.21. The molecule has 0 aliphatic rings. The highest BCUT2D eigenvalue weighted by molar-refractivity contribution is 5.94. The number of hydrogen-bond acceptors (Lipinski definition) is 5. The van der Waals surface area contributed by atoms with Crippen LogP contribution in [0, 0.1) is 19.7 Å². The molecule has 0 radical (unpaired) electrons. The Morgan fingerprint density at radius 3 is 2.64 bits per heavy atom. The Kier molecular flexibility index (Phi) is 6.49. The first-order valence-corrected chi connectivity index (χ1v) is 11.6. The minimum absolute atomic E-state index is 0.134. The summed E-state index contributed by atoms with van der Waals surface area (Å²) in [5.74, 6) is 1.72. The first-order chi connectivity index (χ1) is 17.4. The fourth-order valence-electron chi connectivity index (χ4n) is 4.00. The smallest absolute Gasteiger partial charge is 0.228 e. The first-order valence-electron chi connectivity index (χ1n) is 11.6. The molecule has 2 aromatic heterocycles. The van der Waals surface area contributed by atoms with Gasteiger partial charge >= 0.3 is 0 Å². The van der Waals surface area contributed by atoms with Crippen molar-refractivity contribution in [3.63, 3.8) is 0 Å². The standard InChI is InChI=1S/C28H25FN4O3/c1-17-23(18(2)36-33-17)16-35-22-10-7-19(8-11-22)13-28(34)30-21-9-12-25-26(15-21)32-27(31-25)14-20-5-3-4-6-24(20)29/h3-12,15H,13-14,16H2,1-2H3,(H,30,34)(H,31,32). The van der Waals surface area contributed by atoms with Crippen LogP contribution in [0.15, 0.2) is 71.3 Å². The summed E-state index contributed by atoms with van der Waals surface area (Å²) < 4.78 is 24.9. The monoisotopic (exact) mass is 484 g/mol. The Balaban J connectivity index is 1.18.